The fourth-order valence-electron chi connectivity index (χ4n) is 2.03. The molecule has 0 saturated heterocycles. The number of halogens is 1. The van der Waals surface area contributed by atoms with Gasteiger partial charge in [0.15, 0.2) is 5.96 Å². The van der Waals surface area contributed by atoms with Gasteiger partial charge in [-0.2, -0.15) is 5.10 Å². The number of nitrogens with zero attached hydrogens (tertiary/aromatic N) is 3. The van der Waals surface area contributed by atoms with Gasteiger partial charge in [-0.25, -0.2) is 0 Å². The number of carbonyl (C=O) groups excluding carboxylic acids is 1. The van der Waals surface area contributed by atoms with Crippen LogP contribution in [0.5, 0.6) is 0 Å². The number of nitrogens with one attached hydrogen (secondary N) is 2. The molecule has 0 aliphatic heterocycles. The highest BCUT2D eigenvalue weighted by atomic mass is 127. The van der Waals surface area contributed by atoms with Crippen molar-refractivity contribution in [3.63, 3.8) is 0 Å². The van der Waals surface area contributed by atoms with E-state index in [0.29, 0.717) is 13.0 Å². The van der Waals surface area contributed by atoms with Gasteiger partial charge in [-0.05, 0) is 18.9 Å². The fraction of sp³-hybridized carbons (Fsp3) is 0.667. The Balaban J connectivity index is 0.00000484. The molecule has 8 heteroatoms. The molecule has 0 saturated carbocycles. The Hall–Kier alpha value is -1.32. The third kappa shape index (κ3) is 9.42. The molecule has 0 aliphatic carbocycles. The molecule has 0 aromatic carbocycles. The summed E-state index contributed by atoms with van der Waals surface area (Å²) in [4.78, 5) is 15.1. The van der Waals surface area contributed by atoms with Crippen molar-refractivity contribution in [2.75, 3.05) is 20.7 Å². The van der Waals surface area contributed by atoms with E-state index in [2.05, 4.69) is 25.5 Å². The third-order valence-corrected chi connectivity index (χ3v) is 3.41. The van der Waals surface area contributed by atoms with E-state index in [0.717, 1.165) is 43.9 Å². The topological polar surface area (TPSA) is 80.5 Å². The summed E-state index contributed by atoms with van der Waals surface area (Å²) in [5.74, 6) is 0.661. The van der Waals surface area contributed by atoms with Crippen molar-refractivity contribution in [3.05, 3.63) is 18.0 Å². The Labute approximate surface area is 155 Å². The number of guanidine groups is 1. The zero-order chi connectivity index (χ0) is 16.2. The average molecular weight is 437 g/mol. The smallest absolute Gasteiger partial charge is 0.305 e. The number of aryl methyl sites for hydroxylation is 1. The second-order valence-electron chi connectivity index (χ2n) is 5.04. The lowest BCUT2D eigenvalue weighted by Crippen LogP contribution is -2.37. The van der Waals surface area contributed by atoms with Crippen LogP contribution in [-0.4, -0.2) is 42.4 Å². The van der Waals surface area contributed by atoms with Gasteiger partial charge in [-0.15, -0.1) is 24.0 Å². The van der Waals surface area contributed by atoms with E-state index in [9.17, 15) is 4.79 Å². The van der Waals surface area contributed by atoms with E-state index in [1.54, 1.807) is 13.2 Å². The summed E-state index contributed by atoms with van der Waals surface area (Å²) in [6.07, 6.45) is 6.35. The van der Waals surface area contributed by atoms with Crippen LogP contribution in [0.1, 0.15) is 37.8 Å². The summed E-state index contributed by atoms with van der Waals surface area (Å²) in [6, 6.07) is 1.97. The molecule has 23 heavy (non-hydrogen) atoms. The van der Waals surface area contributed by atoms with Gasteiger partial charge in [0.05, 0.1) is 19.3 Å². The van der Waals surface area contributed by atoms with Crippen LogP contribution in [-0.2, 0) is 23.1 Å². The molecular weight excluding hydrogens is 409 g/mol. The summed E-state index contributed by atoms with van der Waals surface area (Å²) < 4.78 is 6.44. The first kappa shape index (κ1) is 21.7. The Kier molecular flexibility index (Phi) is 12.4. The number of carbonyl (C=O) groups is 1. The first-order valence-electron chi connectivity index (χ1n) is 7.65. The Morgan fingerprint density at radius 1 is 1.30 bits per heavy atom. The molecule has 0 atom stereocenters. The molecule has 2 N–H and O–H groups in total. The predicted molar refractivity (Wildman–Crippen MR) is 102 cm³/mol. The highest BCUT2D eigenvalue weighted by Gasteiger charge is 2.02. The summed E-state index contributed by atoms with van der Waals surface area (Å²) >= 11 is 0. The van der Waals surface area contributed by atoms with E-state index in [1.807, 2.05) is 17.8 Å². The number of ether oxygens (including phenoxy) is 1. The Bertz CT molecular complexity index is 476. The monoisotopic (exact) mass is 437 g/mol. The predicted octanol–water partition coefficient (Wildman–Crippen LogP) is 1.83. The van der Waals surface area contributed by atoms with Crippen molar-refractivity contribution in [2.24, 2.45) is 12.0 Å². The lowest BCUT2D eigenvalue weighted by molar-refractivity contribution is -0.140. The lowest BCUT2D eigenvalue weighted by Gasteiger charge is -2.11. The minimum absolute atomic E-state index is 0. The zero-order valence-electron chi connectivity index (χ0n) is 14.2. The first-order valence-corrected chi connectivity index (χ1v) is 7.65. The normalized spacial score (nSPS) is 10.8. The van der Waals surface area contributed by atoms with Gasteiger partial charge in [0, 0.05) is 33.3 Å². The second-order valence-corrected chi connectivity index (χ2v) is 5.04. The van der Waals surface area contributed by atoms with E-state index < -0.39 is 0 Å². The van der Waals surface area contributed by atoms with Crippen molar-refractivity contribution in [3.8, 4) is 0 Å². The maximum atomic E-state index is 11.0. The number of methoxy groups -OCH3 is 1. The molecule has 0 spiro atoms. The van der Waals surface area contributed by atoms with Crippen molar-refractivity contribution in [1.82, 2.24) is 20.4 Å². The van der Waals surface area contributed by atoms with Crippen LogP contribution in [0.2, 0.25) is 0 Å². The molecule has 1 heterocycles. The van der Waals surface area contributed by atoms with Gasteiger partial charge in [-0.1, -0.05) is 12.8 Å². The van der Waals surface area contributed by atoms with Crippen molar-refractivity contribution in [2.45, 2.75) is 38.6 Å². The SMILES string of the molecule is CN=C(NCCCCCCC(=O)OC)NCc1ccnn1C.I. The Morgan fingerprint density at radius 2 is 2.04 bits per heavy atom. The number of rotatable bonds is 9. The van der Waals surface area contributed by atoms with Crippen LogP contribution in [0.3, 0.4) is 0 Å². The van der Waals surface area contributed by atoms with Crippen LogP contribution < -0.4 is 10.6 Å². The molecule has 7 nitrogen and oxygen atoms in total. The van der Waals surface area contributed by atoms with Crippen molar-refractivity contribution >= 4 is 35.9 Å². The number of hydrogen-bond acceptors (Lipinski definition) is 4. The quantitative estimate of drug-likeness (QED) is 0.203. The number of esters is 1. The third-order valence-electron chi connectivity index (χ3n) is 3.41. The van der Waals surface area contributed by atoms with Crippen LogP contribution in [0, 0.1) is 0 Å². The highest BCUT2D eigenvalue weighted by Crippen LogP contribution is 2.03. The lowest BCUT2D eigenvalue weighted by atomic mass is 10.1. The number of unbranched alkanes of at least 4 members (excludes halogenated alkanes) is 3. The largest absolute Gasteiger partial charge is 0.469 e. The van der Waals surface area contributed by atoms with Gasteiger partial charge in [0.25, 0.3) is 0 Å². The number of aliphatic imine (C=N–C) groups is 1. The molecule has 0 fully saturated rings. The minimum atomic E-state index is -0.127. The zero-order valence-corrected chi connectivity index (χ0v) is 16.5. The molecule has 1 aromatic heterocycles. The van der Waals surface area contributed by atoms with Crippen molar-refractivity contribution < 1.29 is 9.53 Å². The van der Waals surface area contributed by atoms with Gasteiger partial charge in [-0.3, -0.25) is 14.5 Å². The molecule has 0 unspecified atom stereocenters. The molecule has 0 amide bonds. The maximum Gasteiger partial charge on any atom is 0.305 e. The van der Waals surface area contributed by atoms with Gasteiger partial charge >= 0.3 is 5.97 Å². The van der Waals surface area contributed by atoms with Gasteiger partial charge in [0.2, 0.25) is 0 Å². The number of aromatic nitrogens is 2. The van der Waals surface area contributed by atoms with Gasteiger partial charge in [0.1, 0.15) is 0 Å². The van der Waals surface area contributed by atoms with Crippen LogP contribution >= 0.6 is 24.0 Å². The van der Waals surface area contributed by atoms with Crippen LogP contribution in [0.25, 0.3) is 0 Å². The van der Waals surface area contributed by atoms with E-state index in [-0.39, 0.29) is 29.9 Å². The number of hydrogen-bond donors (Lipinski definition) is 2. The van der Waals surface area contributed by atoms with E-state index in [4.69, 9.17) is 0 Å². The molecule has 1 aromatic rings. The van der Waals surface area contributed by atoms with E-state index in [1.165, 1.54) is 7.11 Å². The maximum absolute atomic E-state index is 11.0. The van der Waals surface area contributed by atoms with Crippen LogP contribution in [0.15, 0.2) is 17.3 Å². The van der Waals surface area contributed by atoms with Crippen molar-refractivity contribution in [1.29, 1.82) is 0 Å². The molecule has 0 aliphatic rings. The Morgan fingerprint density at radius 3 is 2.65 bits per heavy atom. The molecule has 0 radical (unpaired) electrons. The van der Waals surface area contributed by atoms with Crippen LogP contribution in [0.4, 0.5) is 0 Å². The molecular formula is C15H28IN5O2. The summed E-state index contributed by atoms with van der Waals surface area (Å²) in [6.45, 7) is 1.55. The highest BCUT2D eigenvalue weighted by molar-refractivity contribution is 14.0. The first-order chi connectivity index (χ1) is 10.7. The molecule has 132 valence electrons. The summed E-state index contributed by atoms with van der Waals surface area (Å²) in [5, 5.41) is 10.7. The summed E-state index contributed by atoms with van der Waals surface area (Å²) in [5.41, 5.74) is 1.10. The summed E-state index contributed by atoms with van der Waals surface area (Å²) in [7, 11) is 5.10. The van der Waals surface area contributed by atoms with Gasteiger partial charge < -0.3 is 15.4 Å². The van der Waals surface area contributed by atoms with E-state index >= 15 is 0 Å². The average Bonchev–Trinajstić information content (AvgIpc) is 2.94. The molecule has 0 bridgehead atoms. The second kappa shape index (κ2) is 13.1. The standard InChI is InChI=1S/C15H27N5O2.HI/c1-16-15(18-12-13-9-11-19-20(13)2)17-10-7-5-4-6-8-14(21)22-3;/h9,11H,4-8,10,12H2,1-3H3,(H2,16,17,18);1H. The molecule has 1 rings (SSSR count). The fourth-order valence-corrected chi connectivity index (χ4v) is 2.03. The minimum Gasteiger partial charge on any atom is -0.469 e.